The summed E-state index contributed by atoms with van der Waals surface area (Å²) in [7, 11) is 0. The highest BCUT2D eigenvalue weighted by Gasteiger charge is 2.31. The van der Waals surface area contributed by atoms with Crippen LogP contribution < -0.4 is 0 Å². The van der Waals surface area contributed by atoms with E-state index in [9.17, 15) is 9.90 Å². The average Bonchev–Trinajstić information content (AvgIpc) is 2.77. The van der Waals surface area contributed by atoms with Crippen molar-refractivity contribution < 1.29 is 9.90 Å². The number of aliphatic hydroxyl groups is 1. The van der Waals surface area contributed by atoms with Gasteiger partial charge in [-0.05, 0) is 19.8 Å². The molecule has 19 heavy (non-hydrogen) atoms. The number of carbonyl (C=O) groups is 1. The van der Waals surface area contributed by atoms with Crippen molar-refractivity contribution in [2.75, 3.05) is 13.1 Å². The maximum atomic E-state index is 12.3. The summed E-state index contributed by atoms with van der Waals surface area (Å²) in [4.78, 5) is 18.2. The van der Waals surface area contributed by atoms with Crippen LogP contribution in [0.3, 0.4) is 0 Å². The Labute approximate surface area is 113 Å². The van der Waals surface area contributed by atoms with E-state index in [0.29, 0.717) is 31.8 Å². The molecule has 1 fully saturated rings. The van der Waals surface area contributed by atoms with E-state index in [1.807, 2.05) is 20.8 Å². The third-order valence-corrected chi connectivity index (χ3v) is 3.51. The number of nitrogens with one attached hydrogen (secondary N) is 1. The highest BCUT2D eigenvalue weighted by atomic mass is 16.3. The van der Waals surface area contributed by atoms with Gasteiger partial charge in [0.25, 0.3) is 5.91 Å². The molecule has 106 valence electrons. The topological polar surface area (TPSA) is 82.1 Å². The molecule has 0 aromatic carbocycles. The van der Waals surface area contributed by atoms with E-state index in [0.717, 1.165) is 0 Å². The predicted molar refractivity (Wildman–Crippen MR) is 70.8 cm³/mol. The normalized spacial score (nSPS) is 19.5. The van der Waals surface area contributed by atoms with Crippen LogP contribution >= 0.6 is 0 Å². The molecule has 0 saturated carbocycles. The van der Waals surface area contributed by atoms with Gasteiger partial charge in [-0.1, -0.05) is 20.8 Å². The summed E-state index contributed by atoms with van der Waals surface area (Å²) in [6, 6.07) is 0. The first-order chi connectivity index (χ1) is 8.69. The van der Waals surface area contributed by atoms with Gasteiger partial charge in [-0.15, -0.1) is 5.10 Å². The molecule has 6 heteroatoms. The highest BCUT2D eigenvalue weighted by Crippen LogP contribution is 2.22. The van der Waals surface area contributed by atoms with Crippen LogP contribution in [0.5, 0.6) is 0 Å². The lowest BCUT2D eigenvalue weighted by molar-refractivity contribution is -0.00236. The molecule has 6 nitrogen and oxygen atoms in total. The third kappa shape index (κ3) is 3.12. The number of aromatic nitrogens is 3. The molecule has 1 aromatic heterocycles. The van der Waals surface area contributed by atoms with Crippen LogP contribution in [0, 0.1) is 0 Å². The van der Waals surface area contributed by atoms with E-state index < -0.39 is 5.60 Å². The number of likely N-dealkylation sites (tertiary alicyclic amines) is 1. The van der Waals surface area contributed by atoms with Crippen LogP contribution in [0.4, 0.5) is 0 Å². The maximum absolute atomic E-state index is 12.3. The van der Waals surface area contributed by atoms with Crippen molar-refractivity contribution in [1.29, 1.82) is 0 Å². The van der Waals surface area contributed by atoms with Gasteiger partial charge in [-0.25, -0.2) is 4.98 Å². The Balaban J connectivity index is 2.07. The molecule has 1 aliphatic heterocycles. The van der Waals surface area contributed by atoms with Crippen molar-refractivity contribution in [2.24, 2.45) is 0 Å². The van der Waals surface area contributed by atoms with Crippen molar-refractivity contribution in [1.82, 2.24) is 20.1 Å². The van der Waals surface area contributed by atoms with Crippen molar-refractivity contribution >= 4 is 5.91 Å². The molecule has 1 aromatic rings. The minimum Gasteiger partial charge on any atom is -0.390 e. The Hall–Kier alpha value is -1.43. The van der Waals surface area contributed by atoms with Gasteiger partial charge in [0.1, 0.15) is 5.82 Å². The van der Waals surface area contributed by atoms with Gasteiger partial charge < -0.3 is 10.0 Å². The smallest absolute Gasteiger partial charge is 0.293 e. The molecule has 0 unspecified atom stereocenters. The van der Waals surface area contributed by atoms with E-state index in [4.69, 9.17) is 0 Å². The van der Waals surface area contributed by atoms with Gasteiger partial charge in [0.05, 0.1) is 5.60 Å². The number of amides is 1. The Kier molecular flexibility index (Phi) is 3.38. The number of aromatic amines is 1. The van der Waals surface area contributed by atoms with Crippen LogP contribution in [0.2, 0.25) is 0 Å². The Morgan fingerprint density at radius 1 is 1.37 bits per heavy atom. The molecule has 0 aliphatic carbocycles. The number of hydrogen-bond acceptors (Lipinski definition) is 4. The van der Waals surface area contributed by atoms with Gasteiger partial charge >= 0.3 is 0 Å². The predicted octanol–water partition coefficient (Wildman–Crippen LogP) is 1.09. The average molecular weight is 266 g/mol. The molecule has 1 amide bonds. The lowest BCUT2D eigenvalue weighted by Crippen LogP contribution is -2.45. The molecule has 0 bridgehead atoms. The summed E-state index contributed by atoms with van der Waals surface area (Å²) in [6.45, 7) is 8.94. The molecular formula is C13H22N4O2. The summed E-state index contributed by atoms with van der Waals surface area (Å²) < 4.78 is 0. The van der Waals surface area contributed by atoms with E-state index in [-0.39, 0.29) is 17.1 Å². The Morgan fingerprint density at radius 3 is 2.42 bits per heavy atom. The van der Waals surface area contributed by atoms with E-state index >= 15 is 0 Å². The second-order valence-corrected chi connectivity index (χ2v) is 6.55. The molecule has 0 spiro atoms. The van der Waals surface area contributed by atoms with E-state index in [1.165, 1.54) is 0 Å². The Morgan fingerprint density at radius 2 is 1.95 bits per heavy atom. The number of H-pyrrole nitrogens is 1. The standard InChI is InChI=1S/C13H22N4O2/c1-12(2,3)11-14-9(15-16-11)10(18)17-7-5-13(4,19)6-8-17/h19H,5-8H2,1-4H3,(H,14,15,16). The molecule has 1 aliphatic rings. The fraction of sp³-hybridized carbons (Fsp3) is 0.769. The SMILES string of the molecule is CC1(O)CCN(C(=O)c2n[nH]c(C(C)(C)C)n2)CC1. The Bertz CT molecular complexity index is 463. The van der Waals surface area contributed by atoms with Gasteiger partial charge in [-0.2, -0.15) is 0 Å². The van der Waals surface area contributed by atoms with Gasteiger partial charge in [0.15, 0.2) is 0 Å². The summed E-state index contributed by atoms with van der Waals surface area (Å²) in [5, 5.41) is 16.7. The lowest BCUT2D eigenvalue weighted by Gasteiger charge is -2.35. The summed E-state index contributed by atoms with van der Waals surface area (Å²) >= 11 is 0. The first kappa shape index (κ1) is 14.0. The summed E-state index contributed by atoms with van der Waals surface area (Å²) in [5.41, 5.74) is -0.816. The van der Waals surface area contributed by atoms with Crippen molar-refractivity contribution in [2.45, 2.75) is 51.6 Å². The van der Waals surface area contributed by atoms with E-state index in [1.54, 1.807) is 11.8 Å². The first-order valence-corrected chi connectivity index (χ1v) is 6.64. The summed E-state index contributed by atoms with van der Waals surface area (Å²) in [5.74, 6) is 0.758. The fourth-order valence-electron chi connectivity index (χ4n) is 2.03. The van der Waals surface area contributed by atoms with E-state index in [2.05, 4.69) is 15.2 Å². The fourth-order valence-corrected chi connectivity index (χ4v) is 2.03. The number of carbonyl (C=O) groups excluding carboxylic acids is 1. The van der Waals surface area contributed by atoms with Gasteiger partial charge in [0.2, 0.25) is 5.82 Å². The quantitative estimate of drug-likeness (QED) is 0.797. The molecule has 0 radical (unpaired) electrons. The maximum Gasteiger partial charge on any atom is 0.293 e. The first-order valence-electron chi connectivity index (χ1n) is 6.64. The van der Waals surface area contributed by atoms with Crippen molar-refractivity contribution in [3.8, 4) is 0 Å². The lowest BCUT2D eigenvalue weighted by atomic mass is 9.94. The number of nitrogens with zero attached hydrogens (tertiary/aromatic N) is 3. The van der Waals surface area contributed by atoms with Crippen LogP contribution in [-0.2, 0) is 5.41 Å². The van der Waals surface area contributed by atoms with Crippen molar-refractivity contribution in [3.63, 3.8) is 0 Å². The number of hydrogen-bond donors (Lipinski definition) is 2. The minimum absolute atomic E-state index is 0.156. The van der Waals surface area contributed by atoms with Crippen molar-refractivity contribution in [3.05, 3.63) is 11.6 Å². The largest absolute Gasteiger partial charge is 0.390 e. The zero-order chi connectivity index (χ0) is 14.3. The number of piperidine rings is 1. The van der Waals surface area contributed by atoms with Gasteiger partial charge in [0, 0.05) is 18.5 Å². The zero-order valence-corrected chi connectivity index (χ0v) is 12.0. The van der Waals surface area contributed by atoms with Crippen LogP contribution in [-0.4, -0.2) is 49.8 Å². The summed E-state index contributed by atoms with van der Waals surface area (Å²) in [6.07, 6.45) is 1.19. The highest BCUT2D eigenvalue weighted by molar-refractivity contribution is 5.90. The second kappa shape index (κ2) is 4.59. The minimum atomic E-state index is -0.660. The van der Waals surface area contributed by atoms with Gasteiger partial charge in [-0.3, -0.25) is 9.89 Å². The molecular weight excluding hydrogens is 244 g/mol. The zero-order valence-electron chi connectivity index (χ0n) is 12.0. The third-order valence-electron chi connectivity index (χ3n) is 3.51. The molecule has 1 saturated heterocycles. The molecule has 2 N–H and O–H groups in total. The second-order valence-electron chi connectivity index (χ2n) is 6.55. The van der Waals surface area contributed by atoms with Crippen LogP contribution in [0.1, 0.15) is 57.0 Å². The molecule has 0 atom stereocenters. The monoisotopic (exact) mass is 266 g/mol. The van der Waals surface area contributed by atoms with Crippen LogP contribution in [0.15, 0.2) is 0 Å². The molecule has 2 rings (SSSR count). The molecule has 2 heterocycles. The van der Waals surface area contributed by atoms with Crippen LogP contribution in [0.25, 0.3) is 0 Å². The number of rotatable bonds is 1.